The molecule has 0 radical (unpaired) electrons. The third-order valence-corrected chi connectivity index (χ3v) is 2.08. The second-order valence-electron chi connectivity index (χ2n) is 3.49. The highest BCUT2D eigenvalue weighted by Crippen LogP contribution is 2.33. The Balaban J connectivity index is 2.70. The Kier molecular flexibility index (Phi) is 1.80. The van der Waals surface area contributed by atoms with Crippen LogP contribution in [0, 0.1) is 22.7 Å². The van der Waals surface area contributed by atoms with Crippen LogP contribution in [0.1, 0.15) is 26.7 Å². The molecule has 0 N–H and O–H groups in total. The van der Waals surface area contributed by atoms with Gasteiger partial charge in [-0.15, -0.1) is 0 Å². The summed E-state index contributed by atoms with van der Waals surface area (Å²) in [6, 6.07) is 2.36. The number of rotatable bonds is 0. The number of allylic oxidation sites excluding steroid dienone is 2. The van der Waals surface area contributed by atoms with Gasteiger partial charge < -0.3 is 0 Å². The molecule has 0 saturated carbocycles. The molecule has 0 spiro atoms. The molecule has 0 fully saturated rings. The van der Waals surface area contributed by atoms with E-state index in [1.807, 2.05) is 6.92 Å². The lowest BCUT2D eigenvalue weighted by molar-refractivity contribution is 0.347. The molecular formula is C9H13N. The lowest BCUT2D eigenvalue weighted by Crippen LogP contribution is -2.19. The molecule has 2 unspecified atom stereocenters. The summed E-state index contributed by atoms with van der Waals surface area (Å²) in [7, 11) is 0. The van der Waals surface area contributed by atoms with Gasteiger partial charge in [-0.05, 0) is 25.7 Å². The number of nitrogens with zero attached hydrogens (tertiary/aromatic N) is 1. The summed E-state index contributed by atoms with van der Waals surface area (Å²) in [5.41, 5.74) is -0.0891. The molecule has 1 heteroatoms. The molecule has 0 amide bonds. The molecule has 1 aliphatic rings. The average Bonchev–Trinajstić information content (AvgIpc) is 1.88. The normalized spacial score (nSPS) is 39.1. The molecule has 10 heavy (non-hydrogen) atoms. The Hall–Kier alpha value is -0.770. The molecule has 0 aliphatic heterocycles. The molecule has 0 aromatic heterocycles. The maximum absolute atomic E-state index is 8.78. The Morgan fingerprint density at radius 3 is 2.80 bits per heavy atom. The standard InChI is InChI=1S/C9H13N/c1-8-4-3-5-9(2,6-8)7-10/h3-4,8H,5-6H2,1-2H3. The molecule has 0 heterocycles. The molecule has 1 aliphatic carbocycles. The van der Waals surface area contributed by atoms with Gasteiger partial charge in [0.2, 0.25) is 0 Å². The third-order valence-electron chi connectivity index (χ3n) is 2.08. The molecule has 0 aromatic rings. The maximum atomic E-state index is 8.78. The van der Waals surface area contributed by atoms with E-state index in [4.69, 9.17) is 5.26 Å². The van der Waals surface area contributed by atoms with E-state index in [1.54, 1.807) is 0 Å². The van der Waals surface area contributed by atoms with Crippen LogP contribution in [-0.2, 0) is 0 Å². The lowest BCUT2D eigenvalue weighted by atomic mass is 9.76. The minimum atomic E-state index is -0.0891. The molecule has 0 bridgehead atoms. The van der Waals surface area contributed by atoms with Crippen LogP contribution in [0.4, 0.5) is 0 Å². The zero-order valence-electron chi connectivity index (χ0n) is 6.59. The monoisotopic (exact) mass is 135 g/mol. The van der Waals surface area contributed by atoms with Crippen LogP contribution in [0.5, 0.6) is 0 Å². The van der Waals surface area contributed by atoms with E-state index in [1.165, 1.54) is 0 Å². The van der Waals surface area contributed by atoms with E-state index in [0.717, 1.165) is 12.8 Å². The predicted octanol–water partition coefficient (Wildman–Crippen LogP) is 2.50. The highest BCUT2D eigenvalue weighted by molar-refractivity contribution is 5.08. The highest BCUT2D eigenvalue weighted by atomic mass is 14.4. The first kappa shape index (κ1) is 7.34. The van der Waals surface area contributed by atoms with Gasteiger partial charge in [0.15, 0.2) is 0 Å². The van der Waals surface area contributed by atoms with Gasteiger partial charge in [0, 0.05) is 0 Å². The first-order valence-corrected chi connectivity index (χ1v) is 3.74. The van der Waals surface area contributed by atoms with E-state index in [9.17, 15) is 0 Å². The topological polar surface area (TPSA) is 23.8 Å². The van der Waals surface area contributed by atoms with Crippen LogP contribution < -0.4 is 0 Å². The van der Waals surface area contributed by atoms with Gasteiger partial charge >= 0.3 is 0 Å². The largest absolute Gasteiger partial charge is 0.198 e. The van der Waals surface area contributed by atoms with Crippen molar-refractivity contribution in [2.75, 3.05) is 0 Å². The quantitative estimate of drug-likeness (QED) is 0.468. The van der Waals surface area contributed by atoms with Crippen LogP contribution in [0.2, 0.25) is 0 Å². The fourth-order valence-corrected chi connectivity index (χ4v) is 1.51. The summed E-state index contributed by atoms with van der Waals surface area (Å²) in [6.45, 7) is 4.19. The van der Waals surface area contributed by atoms with Gasteiger partial charge in [-0.3, -0.25) is 0 Å². The first-order chi connectivity index (χ1) is 4.66. The summed E-state index contributed by atoms with van der Waals surface area (Å²) >= 11 is 0. The van der Waals surface area contributed by atoms with Gasteiger partial charge in [-0.1, -0.05) is 19.1 Å². The van der Waals surface area contributed by atoms with Crippen molar-refractivity contribution in [2.24, 2.45) is 11.3 Å². The minimum Gasteiger partial charge on any atom is -0.198 e. The highest BCUT2D eigenvalue weighted by Gasteiger charge is 2.26. The third kappa shape index (κ3) is 1.39. The van der Waals surface area contributed by atoms with Crippen molar-refractivity contribution in [3.8, 4) is 6.07 Å². The van der Waals surface area contributed by atoms with Gasteiger partial charge in [-0.2, -0.15) is 5.26 Å². The van der Waals surface area contributed by atoms with Crippen molar-refractivity contribution in [3.05, 3.63) is 12.2 Å². The van der Waals surface area contributed by atoms with Crippen molar-refractivity contribution >= 4 is 0 Å². The Morgan fingerprint density at radius 1 is 1.70 bits per heavy atom. The zero-order valence-corrected chi connectivity index (χ0v) is 6.59. The molecule has 1 rings (SSSR count). The van der Waals surface area contributed by atoms with Gasteiger partial charge in [0.25, 0.3) is 0 Å². The zero-order chi connectivity index (χ0) is 7.61. The van der Waals surface area contributed by atoms with Crippen molar-refractivity contribution in [2.45, 2.75) is 26.7 Å². The van der Waals surface area contributed by atoms with Crippen LogP contribution >= 0.6 is 0 Å². The molecule has 1 nitrogen and oxygen atoms in total. The Labute approximate surface area is 62.4 Å². The van der Waals surface area contributed by atoms with Gasteiger partial charge in [-0.25, -0.2) is 0 Å². The van der Waals surface area contributed by atoms with Crippen molar-refractivity contribution in [1.82, 2.24) is 0 Å². The van der Waals surface area contributed by atoms with E-state index in [2.05, 4.69) is 25.1 Å². The minimum absolute atomic E-state index is 0.0891. The molecular weight excluding hydrogens is 122 g/mol. The number of hydrogen-bond donors (Lipinski definition) is 0. The van der Waals surface area contributed by atoms with Crippen LogP contribution in [0.3, 0.4) is 0 Å². The van der Waals surface area contributed by atoms with E-state index in [0.29, 0.717) is 5.92 Å². The SMILES string of the molecule is CC1C=CCC(C)(C#N)C1. The lowest BCUT2D eigenvalue weighted by Gasteiger charge is -2.26. The summed E-state index contributed by atoms with van der Waals surface area (Å²) in [4.78, 5) is 0. The predicted molar refractivity (Wildman–Crippen MR) is 41.3 cm³/mol. The molecule has 0 aromatic carbocycles. The van der Waals surface area contributed by atoms with Crippen LogP contribution in [0.15, 0.2) is 12.2 Å². The van der Waals surface area contributed by atoms with Crippen molar-refractivity contribution in [1.29, 1.82) is 5.26 Å². The van der Waals surface area contributed by atoms with E-state index >= 15 is 0 Å². The van der Waals surface area contributed by atoms with Crippen molar-refractivity contribution < 1.29 is 0 Å². The maximum Gasteiger partial charge on any atom is 0.0690 e. The Morgan fingerprint density at radius 2 is 2.40 bits per heavy atom. The van der Waals surface area contributed by atoms with E-state index in [-0.39, 0.29) is 5.41 Å². The Bertz CT molecular complexity index is 187. The molecule has 0 saturated heterocycles. The van der Waals surface area contributed by atoms with E-state index < -0.39 is 0 Å². The van der Waals surface area contributed by atoms with Gasteiger partial charge in [0.05, 0.1) is 11.5 Å². The average molecular weight is 135 g/mol. The summed E-state index contributed by atoms with van der Waals surface area (Å²) < 4.78 is 0. The van der Waals surface area contributed by atoms with Crippen LogP contribution in [0.25, 0.3) is 0 Å². The van der Waals surface area contributed by atoms with Crippen molar-refractivity contribution in [3.63, 3.8) is 0 Å². The molecule has 2 atom stereocenters. The fraction of sp³-hybridized carbons (Fsp3) is 0.667. The smallest absolute Gasteiger partial charge is 0.0690 e. The fourth-order valence-electron chi connectivity index (χ4n) is 1.51. The van der Waals surface area contributed by atoms with Crippen LogP contribution in [-0.4, -0.2) is 0 Å². The summed E-state index contributed by atoms with van der Waals surface area (Å²) in [5.74, 6) is 0.582. The second-order valence-corrected chi connectivity index (χ2v) is 3.49. The summed E-state index contributed by atoms with van der Waals surface area (Å²) in [6.07, 6.45) is 6.25. The number of hydrogen-bond acceptors (Lipinski definition) is 1. The summed E-state index contributed by atoms with van der Waals surface area (Å²) in [5, 5.41) is 8.78. The molecule has 54 valence electrons. The van der Waals surface area contributed by atoms with Gasteiger partial charge in [0.1, 0.15) is 0 Å². The first-order valence-electron chi connectivity index (χ1n) is 3.74. The second kappa shape index (κ2) is 2.46. The number of nitriles is 1.